The molecule has 3 aromatic rings. The number of aromatic nitrogens is 2. The number of hydrogen-bond acceptors (Lipinski definition) is 7. The monoisotopic (exact) mass is 395 g/mol. The van der Waals surface area contributed by atoms with Crippen LogP contribution in [0.15, 0.2) is 34.0 Å². The number of rotatable bonds is 5. The summed E-state index contributed by atoms with van der Waals surface area (Å²) in [7, 11) is 4.69. The first-order valence-corrected chi connectivity index (χ1v) is 10.2. The van der Waals surface area contributed by atoms with Gasteiger partial charge in [-0.2, -0.15) is 4.84 Å². The van der Waals surface area contributed by atoms with Crippen LogP contribution in [-0.4, -0.2) is 37.4 Å². The van der Waals surface area contributed by atoms with Crippen molar-refractivity contribution in [3.05, 3.63) is 34.5 Å². The Morgan fingerprint density at radius 2 is 2.12 bits per heavy atom. The fourth-order valence-electron chi connectivity index (χ4n) is 2.42. The molecule has 0 radical (unpaired) electrons. The molecule has 0 fully saturated rings. The molecular formula is C16H19N4O2S3+. The first-order chi connectivity index (χ1) is 12.0. The van der Waals surface area contributed by atoms with Crippen molar-refractivity contribution < 1.29 is 9.63 Å². The summed E-state index contributed by atoms with van der Waals surface area (Å²) in [4.78, 5) is 18.8. The van der Waals surface area contributed by atoms with Gasteiger partial charge in [0.25, 0.3) is 0 Å². The molecule has 0 spiro atoms. The Balaban J connectivity index is 1.82. The minimum absolute atomic E-state index is 0.243. The standard InChI is InChI=1S/C16H18N4O2S3/c1-10(13-12-8-6-5-7-11(12)9-23-13)24-16-19-18-15(25-16)20(3,22-4)14(21)17-2/h5-10H,1-4H3/p+1. The van der Waals surface area contributed by atoms with Crippen LogP contribution in [0.2, 0.25) is 0 Å². The number of amides is 2. The summed E-state index contributed by atoms with van der Waals surface area (Å²) in [5.74, 6) is 0. The fraction of sp³-hybridized carbons (Fsp3) is 0.312. The van der Waals surface area contributed by atoms with Gasteiger partial charge >= 0.3 is 11.2 Å². The lowest BCUT2D eigenvalue weighted by Crippen LogP contribution is -2.54. The molecule has 2 unspecified atom stereocenters. The third-order valence-electron chi connectivity index (χ3n) is 3.91. The van der Waals surface area contributed by atoms with Crippen molar-refractivity contribution in [3.63, 3.8) is 0 Å². The van der Waals surface area contributed by atoms with Crippen LogP contribution in [0, 0.1) is 0 Å². The molecule has 2 aromatic heterocycles. The van der Waals surface area contributed by atoms with Gasteiger partial charge in [0, 0.05) is 17.2 Å². The second-order valence-electron chi connectivity index (χ2n) is 5.46. The van der Waals surface area contributed by atoms with Crippen LogP contribution < -0.4 is 9.96 Å². The van der Waals surface area contributed by atoms with Gasteiger partial charge in [-0.25, -0.2) is 4.79 Å². The van der Waals surface area contributed by atoms with Crippen LogP contribution in [0.25, 0.3) is 10.8 Å². The van der Waals surface area contributed by atoms with Crippen LogP contribution in [0.4, 0.5) is 9.93 Å². The highest BCUT2D eigenvalue weighted by molar-refractivity contribution is 8.01. The Morgan fingerprint density at radius 3 is 2.84 bits per heavy atom. The number of urea groups is 1. The van der Waals surface area contributed by atoms with Gasteiger partial charge in [-0.15, -0.1) is 16.4 Å². The number of benzene rings is 1. The maximum Gasteiger partial charge on any atom is 0.456 e. The molecule has 2 amide bonds. The average molecular weight is 396 g/mol. The number of quaternary nitrogens is 1. The lowest BCUT2D eigenvalue weighted by molar-refractivity contribution is -0.0567. The highest BCUT2D eigenvalue weighted by Gasteiger charge is 2.40. The van der Waals surface area contributed by atoms with Crippen molar-refractivity contribution in [2.75, 3.05) is 21.2 Å². The minimum Gasteiger partial charge on any atom is -0.306 e. The number of carbonyl (C=O) groups excluding carboxylic acids is 1. The molecule has 1 aromatic carbocycles. The SMILES string of the molecule is CNC(=O)[N+](C)(OC)c1nnc(SC(C)c2scc3ccccc23)s1. The van der Waals surface area contributed by atoms with Crippen molar-refractivity contribution in [1.82, 2.24) is 20.2 Å². The lowest BCUT2D eigenvalue weighted by Gasteiger charge is -2.21. The molecule has 0 bridgehead atoms. The van der Waals surface area contributed by atoms with Gasteiger partial charge < -0.3 is 5.32 Å². The summed E-state index contributed by atoms with van der Waals surface area (Å²) < 4.78 is 0.427. The molecule has 2 heterocycles. The van der Waals surface area contributed by atoms with Crippen LogP contribution >= 0.6 is 34.4 Å². The minimum atomic E-state index is -0.384. The number of carbonyl (C=O) groups is 1. The van der Waals surface area contributed by atoms with Gasteiger partial charge in [0.2, 0.25) is 0 Å². The molecule has 25 heavy (non-hydrogen) atoms. The van der Waals surface area contributed by atoms with Gasteiger partial charge in [-0.3, -0.25) is 0 Å². The molecule has 0 aliphatic carbocycles. The number of thioether (sulfide) groups is 1. The van der Waals surface area contributed by atoms with Crippen molar-refractivity contribution in [3.8, 4) is 0 Å². The molecule has 1 N–H and O–H groups in total. The lowest BCUT2D eigenvalue weighted by atomic mass is 10.2. The largest absolute Gasteiger partial charge is 0.456 e. The molecule has 0 saturated heterocycles. The third-order valence-corrected chi connectivity index (χ3v) is 7.54. The van der Waals surface area contributed by atoms with Crippen LogP contribution in [0.1, 0.15) is 17.1 Å². The summed E-state index contributed by atoms with van der Waals surface area (Å²) in [6.45, 7) is 2.16. The van der Waals surface area contributed by atoms with Crippen LogP contribution in [-0.2, 0) is 4.84 Å². The molecule has 0 saturated carbocycles. The maximum atomic E-state index is 12.1. The topological polar surface area (TPSA) is 64.1 Å². The van der Waals surface area contributed by atoms with Gasteiger partial charge in [0.05, 0.1) is 7.11 Å². The highest BCUT2D eigenvalue weighted by Crippen LogP contribution is 2.43. The van der Waals surface area contributed by atoms with E-state index in [1.165, 1.54) is 34.1 Å². The van der Waals surface area contributed by atoms with E-state index in [0.29, 0.717) is 5.13 Å². The van der Waals surface area contributed by atoms with Crippen molar-refractivity contribution in [1.29, 1.82) is 0 Å². The number of thiophene rings is 1. The van der Waals surface area contributed by atoms with Crippen LogP contribution in [0.3, 0.4) is 0 Å². The Kier molecular flexibility index (Phi) is 5.40. The normalized spacial score (nSPS) is 15.0. The summed E-state index contributed by atoms with van der Waals surface area (Å²) in [6.07, 6.45) is 0. The van der Waals surface area contributed by atoms with Gasteiger partial charge in [0.1, 0.15) is 7.05 Å². The highest BCUT2D eigenvalue weighted by atomic mass is 32.2. The Labute approximate surface area is 158 Å². The number of hydrogen-bond donors (Lipinski definition) is 1. The number of nitrogens with zero attached hydrogens (tertiary/aromatic N) is 3. The smallest absolute Gasteiger partial charge is 0.306 e. The zero-order valence-corrected chi connectivity index (χ0v) is 16.8. The predicted molar refractivity (Wildman–Crippen MR) is 105 cm³/mol. The van der Waals surface area contributed by atoms with E-state index in [1.807, 2.05) is 0 Å². The van der Waals surface area contributed by atoms with E-state index < -0.39 is 0 Å². The van der Waals surface area contributed by atoms with Crippen molar-refractivity contribution in [2.24, 2.45) is 0 Å². The molecule has 132 valence electrons. The predicted octanol–water partition coefficient (Wildman–Crippen LogP) is 4.44. The van der Waals surface area contributed by atoms with E-state index in [9.17, 15) is 4.79 Å². The average Bonchev–Trinajstić information content (AvgIpc) is 3.27. The molecule has 2 atom stereocenters. The molecule has 9 heteroatoms. The first kappa shape index (κ1) is 18.3. The summed E-state index contributed by atoms with van der Waals surface area (Å²) in [6, 6.07) is 8.08. The quantitative estimate of drug-likeness (QED) is 0.299. The van der Waals surface area contributed by atoms with E-state index in [4.69, 9.17) is 4.84 Å². The van der Waals surface area contributed by atoms with E-state index in [1.54, 1.807) is 37.2 Å². The Hall–Kier alpha value is -1.52. The Morgan fingerprint density at radius 1 is 1.36 bits per heavy atom. The molecule has 0 aliphatic rings. The van der Waals surface area contributed by atoms with Crippen molar-refractivity contribution >= 4 is 56.4 Å². The molecule has 0 aliphatic heterocycles. The van der Waals surface area contributed by atoms with E-state index in [0.717, 1.165) is 4.34 Å². The number of hydroxylamine groups is 2. The zero-order chi connectivity index (χ0) is 18.0. The second-order valence-corrected chi connectivity index (χ2v) is 8.91. The number of nitrogens with one attached hydrogen (secondary N) is 1. The van der Waals surface area contributed by atoms with Gasteiger partial charge in [-0.05, 0) is 39.1 Å². The van der Waals surface area contributed by atoms with Crippen molar-refractivity contribution in [2.45, 2.75) is 16.5 Å². The summed E-state index contributed by atoms with van der Waals surface area (Å²) in [5.41, 5.74) is 0. The van der Waals surface area contributed by atoms with E-state index >= 15 is 0 Å². The second kappa shape index (κ2) is 7.38. The van der Waals surface area contributed by atoms with E-state index in [2.05, 4.69) is 52.1 Å². The molecule has 6 nitrogen and oxygen atoms in total. The van der Waals surface area contributed by atoms with Gasteiger partial charge in [0.15, 0.2) is 4.34 Å². The first-order valence-electron chi connectivity index (χ1n) is 7.61. The Bertz CT molecular complexity index is 894. The summed E-state index contributed by atoms with van der Waals surface area (Å²) >= 11 is 4.77. The zero-order valence-electron chi connectivity index (χ0n) is 14.3. The molecular weight excluding hydrogens is 376 g/mol. The van der Waals surface area contributed by atoms with Gasteiger partial charge in [-0.1, -0.05) is 41.1 Å². The summed E-state index contributed by atoms with van der Waals surface area (Å²) in [5, 5.41) is 16.4. The number of fused-ring (bicyclic) bond motifs is 1. The maximum absolute atomic E-state index is 12.1. The third kappa shape index (κ3) is 3.42. The molecule has 3 rings (SSSR count). The fourth-order valence-corrected chi connectivity index (χ4v) is 5.82. The van der Waals surface area contributed by atoms with Crippen LogP contribution in [0.5, 0.6) is 0 Å². The van der Waals surface area contributed by atoms with E-state index in [-0.39, 0.29) is 15.9 Å².